The number of hydrogen-bond donors (Lipinski definition) is 5. The van der Waals surface area contributed by atoms with E-state index >= 15 is 0 Å². The molecule has 0 atom stereocenters. The van der Waals surface area contributed by atoms with E-state index in [-0.39, 0.29) is 12.0 Å². The summed E-state index contributed by atoms with van der Waals surface area (Å²) in [5.41, 5.74) is 2.84. The van der Waals surface area contributed by atoms with Gasteiger partial charge in [-0.05, 0) is 48.3 Å². The van der Waals surface area contributed by atoms with Crippen LogP contribution < -0.4 is 30.5 Å². The van der Waals surface area contributed by atoms with Crippen molar-refractivity contribution in [3.05, 3.63) is 84.0 Å². The van der Waals surface area contributed by atoms with Crippen LogP contribution in [0.15, 0.2) is 84.0 Å². The third-order valence-electron chi connectivity index (χ3n) is 4.96. The van der Waals surface area contributed by atoms with E-state index in [1.54, 1.807) is 48.7 Å². The summed E-state index contributed by atoms with van der Waals surface area (Å²) in [6.07, 6.45) is 1.18. The number of carbonyl (C=O) groups is 2. The molecule has 0 unspecified atom stereocenters. The van der Waals surface area contributed by atoms with Crippen LogP contribution >= 0.6 is 11.9 Å². The maximum Gasteiger partial charge on any atom is 0.413 e. The Kier molecular flexibility index (Phi) is 6.60. The van der Waals surface area contributed by atoms with Gasteiger partial charge in [-0.1, -0.05) is 24.3 Å². The Labute approximate surface area is 210 Å². The molecule has 5 N–H and O–H groups in total. The second kappa shape index (κ2) is 10.3. The SMILES string of the molecule is COC(=O)Nc1nc2cc(Oc3cccc(NC(=O)NC4=CN(c5ccccc5)NS4)c3)ccc2[nH]1. The van der Waals surface area contributed by atoms with E-state index in [9.17, 15) is 9.59 Å². The minimum atomic E-state index is -0.619. The van der Waals surface area contributed by atoms with Gasteiger partial charge in [-0.25, -0.2) is 14.6 Å². The molecule has 5 rings (SSSR count). The summed E-state index contributed by atoms with van der Waals surface area (Å²) in [6.45, 7) is 0. The van der Waals surface area contributed by atoms with Crippen LogP contribution in [-0.4, -0.2) is 29.2 Å². The van der Waals surface area contributed by atoms with Crippen LogP contribution in [0.25, 0.3) is 11.0 Å². The molecule has 11 nitrogen and oxygen atoms in total. The smallest absolute Gasteiger partial charge is 0.413 e. The van der Waals surface area contributed by atoms with E-state index < -0.39 is 6.09 Å². The van der Waals surface area contributed by atoms with E-state index in [0.29, 0.717) is 27.7 Å². The zero-order valence-electron chi connectivity index (χ0n) is 18.9. The number of hydrogen-bond acceptors (Lipinski definition) is 8. The maximum atomic E-state index is 12.5. The number of methoxy groups -OCH3 is 1. The fourth-order valence-corrected chi connectivity index (χ4v) is 4.00. The Morgan fingerprint density at radius 2 is 1.78 bits per heavy atom. The second-order valence-corrected chi connectivity index (χ2v) is 8.31. The fourth-order valence-electron chi connectivity index (χ4n) is 3.35. The lowest BCUT2D eigenvalue weighted by Gasteiger charge is -2.13. The molecule has 36 heavy (non-hydrogen) atoms. The first-order valence-corrected chi connectivity index (χ1v) is 11.6. The van der Waals surface area contributed by atoms with Gasteiger partial charge >= 0.3 is 12.1 Å². The summed E-state index contributed by atoms with van der Waals surface area (Å²) in [5.74, 6) is 1.34. The Balaban J connectivity index is 1.21. The number of para-hydroxylation sites is 1. The molecule has 0 saturated heterocycles. The van der Waals surface area contributed by atoms with Crippen molar-refractivity contribution in [2.45, 2.75) is 0 Å². The number of nitrogens with one attached hydrogen (secondary N) is 5. The van der Waals surface area contributed by atoms with Crippen molar-refractivity contribution in [1.29, 1.82) is 0 Å². The van der Waals surface area contributed by atoms with Gasteiger partial charge in [0, 0.05) is 17.8 Å². The summed E-state index contributed by atoms with van der Waals surface area (Å²) in [4.78, 5) is 34.3. The largest absolute Gasteiger partial charge is 0.457 e. The van der Waals surface area contributed by atoms with E-state index in [1.807, 2.05) is 35.3 Å². The Morgan fingerprint density at radius 3 is 2.61 bits per heavy atom. The molecule has 12 heteroatoms. The monoisotopic (exact) mass is 503 g/mol. The highest BCUT2D eigenvalue weighted by molar-refractivity contribution is 8.01. The first-order valence-electron chi connectivity index (χ1n) is 10.7. The number of H-pyrrole nitrogens is 1. The van der Waals surface area contributed by atoms with Gasteiger partial charge in [-0.2, -0.15) is 4.83 Å². The summed E-state index contributed by atoms with van der Waals surface area (Å²) < 4.78 is 10.5. The predicted molar refractivity (Wildman–Crippen MR) is 139 cm³/mol. The van der Waals surface area contributed by atoms with Crippen LogP contribution in [0.5, 0.6) is 11.5 Å². The number of urea groups is 1. The number of amides is 3. The van der Waals surface area contributed by atoms with Gasteiger partial charge in [-0.15, -0.1) is 0 Å². The molecule has 0 fully saturated rings. The van der Waals surface area contributed by atoms with Gasteiger partial charge < -0.3 is 19.8 Å². The summed E-state index contributed by atoms with van der Waals surface area (Å²) in [7, 11) is 1.28. The van der Waals surface area contributed by atoms with Gasteiger partial charge in [0.25, 0.3) is 0 Å². The molecule has 3 amide bonds. The number of fused-ring (bicyclic) bond motifs is 1. The number of ether oxygens (including phenoxy) is 2. The topological polar surface area (TPSA) is 133 Å². The minimum Gasteiger partial charge on any atom is -0.457 e. The number of rotatable bonds is 6. The van der Waals surface area contributed by atoms with E-state index in [4.69, 9.17) is 4.74 Å². The molecule has 0 spiro atoms. The molecule has 1 aliphatic rings. The molecule has 0 bridgehead atoms. The highest BCUT2D eigenvalue weighted by Crippen LogP contribution is 2.28. The van der Waals surface area contributed by atoms with Crippen LogP contribution in [0.2, 0.25) is 0 Å². The average Bonchev–Trinajstić information content (AvgIpc) is 3.51. The molecule has 0 saturated carbocycles. The normalized spacial score (nSPS) is 12.7. The highest BCUT2D eigenvalue weighted by atomic mass is 32.2. The van der Waals surface area contributed by atoms with Gasteiger partial charge in [-0.3, -0.25) is 15.6 Å². The lowest BCUT2D eigenvalue weighted by Crippen LogP contribution is -2.26. The van der Waals surface area contributed by atoms with E-state index in [1.165, 1.54) is 19.1 Å². The molecule has 0 radical (unpaired) electrons. The van der Waals surface area contributed by atoms with E-state index in [0.717, 1.165) is 11.2 Å². The quantitative estimate of drug-likeness (QED) is 0.229. The van der Waals surface area contributed by atoms with Crippen molar-refractivity contribution in [2.75, 3.05) is 22.8 Å². The van der Waals surface area contributed by atoms with Crippen LogP contribution in [0.3, 0.4) is 0 Å². The lowest BCUT2D eigenvalue weighted by molar-refractivity contribution is 0.186. The zero-order valence-corrected chi connectivity index (χ0v) is 19.8. The number of hydrazine groups is 1. The van der Waals surface area contributed by atoms with Gasteiger partial charge in [0.1, 0.15) is 16.5 Å². The number of aromatic amines is 1. The van der Waals surface area contributed by atoms with Crippen molar-refractivity contribution < 1.29 is 19.1 Å². The van der Waals surface area contributed by atoms with Crippen molar-refractivity contribution in [1.82, 2.24) is 20.1 Å². The van der Waals surface area contributed by atoms with Crippen molar-refractivity contribution in [3.63, 3.8) is 0 Å². The maximum absolute atomic E-state index is 12.5. The molecule has 0 aliphatic carbocycles. The molecule has 4 aromatic rings. The van der Waals surface area contributed by atoms with Gasteiger partial charge in [0.15, 0.2) is 0 Å². The Bertz CT molecular complexity index is 1440. The van der Waals surface area contributed by atoms with E-state index in [2.05, 4.69) is 35.5 Å². The van der Waals surface area contributed by atoms with Crippen LogP contribution in [-0.2, 0) is 4.74 Å². The Morgan fingerprint density at radius 1 is 0.944 bits per heavy atom. The van der Waals surface area contributed by atoms with Crippen molar-refractivity contribution in [2.24, 2.45) is 0 Å². The minimum absolute atomic E-state index is 0.267. The number of aromatic nitrogens is 2. The van der Waals surface area contributed by atoms with Gasteiger partial charge in [0.05, 0.1) is 30.0 Å². The number of carbonyl (C=O) groups excluding carboxylic acids is 2. The van der Waals surface area contributed by atoms with Crippen LogP contribution in [0, 0.1) is 0 Å². The molecular formula is C24H21N7O4S. The molecule has 3 aromatic carbocycles. The number of imidazole rings is 1. The van der Waals surface area contributed by atoms with Crippen molar-refractivity contribution >= 4 is 52.4 Å². The first-order chi connectivity index (χ1) is 17.6. The molecule has 182 valence electrons. The predicted octanol–water partition coefficient (Wildman–Crippen LogP) is 5.13. The Hall–Kier alpha value is -4.68. The standard InChI is InChI=1S/C24H21N7O4S/c1-34-24(33)29-22-26-19-11-10-18(13-20(19)27-22)35-17-9-5-6-15(12-17)25-23(32)28-21-14-31(30-36-21)16-7-3-2-4-8-16/h2-14,30H,1H3,(H2,25,28,32)(H2,26,27,29,33). The molecule has 1 aliphatic heterocycles. The second-order valence-electron chi connectivity index (χ2n) is 7.48. The van der Waals surface area contributed by atoms with Crippen LogP contribution in [0.1, 0.15) is 0 Å². The third kappa shape index (κ3) is 5.51. The molecule has 1 aromatic heterocycles. The van der Waals surface area contributed by atoms with Gasteiger partial charge in [0.2, 0.25) is 5.95 Å². The zero-order chi connectivity index (χ0) is 24.9. The fraction of sp³-hybridized carbons (Fsp3) is 0.0417. The summed E-state index contributed by atoms with van der Waals surface area (Å²) in [6, 6.07) is 21.7. The van der Waals surface area contributed by atoms with Crippen molar-refractivity contribution in [3.8, 4) is 11.5 Å². The number of nitrogens with zero attached hydrogens (tertiary/aromatic N) is 2. The third-order valence-corrected chi connectivity index (χ3v) is 5.67. The highest BCUT2D eigenvalue weighted by Gasteiger charge is 2.16. The molecular weight excluding hydrogens is 482 g/mol. The average molecular weight is 504 g/mol. The summed E-state index contributed by atoms with van der Waals surface area (Å²) in [5, 5.41) is 10.6. The number of benzene rings is 3. The lowest BCUT2D eigenvalue weighted by atomic mass is 10.3. The number of anilines is 3. The summed E-state index contributed by atoms with van der Waals surface area (Å²) >= 11 is 1.30. The van der Waals surface area contributed by atoms with Crippen LogP contribution in [0.4, 0.5) is 26.9 Å². The first kappa shape index (κ1) is 23.1. The molecule has 2 heterocycles.